The van der Waals surface area contributed by atoms with Gasteiger partial charge in [-0.1, -0.05) is 50.2 Å². The fraction of sp³-hybridized carbons (Fsp3) is 0.316. The molecule has 6 heteroatoms. The molecule has 2 rings (SSSR count). The summed E-state index contributed by atoms with van der Waals surface area (Å²) in [6.07, 6.45) is 0. The molecule has 2 N–H and O–H groups in total. The summed E-state index contributed by atoms with van der Waals surface area (Å²) in [5.74, 6) is 0.0833. The Bertz CT molecular complexity index is 745. The number of nitrogens with zero attached hydrogens (tertiary/aromatic N) is 1. The zero-order chi connectivity index (χ0) is 18.4. The van der Waals surface area contributed by atoms with Gasteiger partial charge in [0.1, 0.15) is 0 Å². The monoisotopic (exact) mass is 341 g/mol. The average molecular weight is 341 g/mol. The highest BCUT2D eigenvalue weighted by atomic mass is 16.6. The summed E-state index contributed by atoms with van der Waals surface area (Å²) in [6.45, 7) is 6.11. The van der Waals surface area contributed by atoms with Crippen LogP contribution < -0.4 is 10.6 Å². The van der Waals surface area contributed by atoms with Crippen molar-refractivity contribution in [2.24, 2.45) is 5.92 Å². The third-order valence-electron chi connectivity index (χ3n) is 4.01. The maximum absolute atomic E-state index is 12.3. The summed E-state index contributed by atoms with van der Waals surface area (Å²) in [5.41, 5.74) is 2.32. The number of amides is 1. The molecule has 0 aliphatic carbocycles. The number of nitro groups is 1. The number of carbonyl (C=O) groups is 1. The van der Waals surface area contributed by atoms with Crippen molar-refractivity contribution < 1.29 is 9.72 Å². The summed E-state index contributed by atoms with van der Waals surface area (Å²) >= 11 is 0. The lowest BCUT2D eigenvalue weighted by atomic mass is 9.96. The minimum Gasteiger partial charge on any atom is -0.324 e. The second-order valence-electron chi connectivity index (χ2n) is 6.32. The molecule has 0 bridgehead atoms. The molecule has 0 spiro atoms. The molecule has 0 saturated carbocycles. The van der Waals surface area contributed by atoms with Gasteiger partial charge in [-0.05, 0) is 24.0 Å². The molecule has 0 aliphatic heterocycles. The van der Waals surface area contributed by atoms with Crippen LogP contribution in [0.1, 0.15) is 31.0 Å². The molecule has 1 amide bonds. The Morgan fingerprint density at radius 1 is 1.16 bits per heavy atom. The van der Waals surface area contributed by atoms with Crippen molar-refractivity contribution in [1.29, 1.82) is 0 Å². The van der Waals surface area contributed by atoms with E-state index in [9.17, 15) is 14.9 Å². The largest absolute Gasteiger partial charge is 0.324 e. The minimum atomic E-state index is -0.475. The number of hydrogen-bond donors (Lipinski definition) is 2. The highest BCUT2D eigenvalue weighted by molar-refractivity contribution is 5.93. The normalized spacial score (nSPS) is 12.0. The number of rotatable bonds is 7. The first-order valence-corrected chi connectivity index (χ1v) is 8.21. The highest BCUT2D eigenvalue weighted by Gasteiger charge is 2.17. The number of non-ortho nitro benzene ring substituents is 1. The van der Waals surface area contributed by atoms with Gasteiger partial charge in [0.2, 0.25) is 5.91 Å². The number of nitro benzene ring substituents is 1. The quantitative estimate of drug-likeness (QED) is 0.592. The number of anilines is 1. The summed E-state index contributed by atoms with van der Waals surface area (Å²) in [6, 6.07) is 14.4. The molecule has 0 saturated heterocycles. The van der Waals surface area contributed by atoms with Gasteiger partial charge in [0.15, 0.2) is 0 Å². The molecule has 6 nitrogen and oxygen atoms in total. The van der Waals surface area contributed by atoms with Gasteiger partial charge in [-0.3, -0.25) is 14.9 Å². The number of carbonyl (C=O) groups excluding carboxylic acids is 1. The van der Waals surface area contributed by atoms with E-state index in [1.54, 1.807) is 13.0 Å². The molecule has 2 aromatic carbocycles. The lowest BCUT2D eigenvalue weighted by Crippen LogP contribution is -2.33. The molecule has 25 heavy (non-hydrogen) atoms. The van der Waals surface area contributed by atoms with Crippen molar-refractivity contribution in [2.45, 2.75) is 26.8 Å². The van der Waals surface area contributed by atoms with Crippen LogP contribution in [0, 0.1) is 23.0 Å². The maximum Gasteiger partial charge on any atom is 0.271 e. The van der Waals surface area contributed by atoms with E-state index in [0.29, 0.717) is 11.6 Å². The highest BCUT2D eigenvalue weighted by Crippen LogP contribution is 2.23. The van der Waals surface area contributed by atoms with Gasteiger partial charge in [0.05, 0.1) is 17.2 Å². The summed E-state index contributed by atoms with van der Waals surface area (Å²) < 4.78 is 0. The summed E-state index contributed by atoms with van der Waals surface area (Å²) in [7, 11) is 0. The van der Waals surface area contributed by atoms with E-state index in [-0.39, 0.29) is 24.2 Å². The van der Waals surface area contributed by atoms with Crippen LogP contribution in [-0.4, -0.2) is 17.4 Å². The number of aryl methyl sites for hydroxylation is 1. The fourth-order valence-electron chi connectivity index (χ4n) is 2.65. The van der Waals surface area contributed by atoms with Gasteiger partial charge >= 0.3 is 0 Å². The molecule has 132 valence electrons. The number of nitrogens with one attached hydrogen (secondary N) is 2. The molecule has 0 aromatic heterocycles. The molecular weight excluding hydrogens is 318 g/mol. The van der Waals surface area contributed by atoms with Crippen LogP contribution >= 0.6 is 0 Å². The third-order valence-corrected chi connectivity index (χ3v) is 4.01. The van der Waals surface area contributed by atoms with E-state index in [0.717, 1.165) is 11.1 Å². The number of benzene rings is 2. The number of hydrogen-bond acceptors (Lipinski definition) is 4. The van der Waals surface area contributed by atoms with Crippen molar-refractivity contribution in [3.05, 3.63) is 69.8 Å². The molecular formula is C19H23N3O3. The Morgan fingerprint density at radius 3 is 2.44 bits per heavy atom. The first-order chi connectivity index (χ1) is 11.9. The molecule has 0 fully saturated rings. The first kappa shape index (κ1) is 18.6. The van der Waals surface area contributed by atoms with Gasteiger partial charge < -0.3 is 10.6 Å². The van der Waals surface area contributed by atoms with Crippen LogP contribution in [0.25, 0.3) is 0 Å². The van der Waals surface area contributed by atoms with E-state index in [1.807, 2.05) is 30.3 Å². The smallest absolute Gasteiger partial charge is 0.271 e. The van der Waals surface area contributed by atoms with Crippen LogP contribution in [-0.2, 0) is 4.79 Å². The lowest BCUT2D eigenvalue weighted by molar-refractivity contribution is -0.384. The molecule has 2 aromatic rings. The Kier molecular flexibility index (Phi) is 6.25. The van der Waals surface area contributed by atoms with Gasteiger partial charge in [-0.25, -0.2) is 0 Å². The SMILES string of the molecule is Cc1ccc([N+](=O)[O-])cc1NC(=O)CN[C@@H](c1ccccc1)C(C)C. The standard InChI is InChI=1S/C19H23N3O3/c1-13(2)19(15-7-5-4-6-8-15)20-12-18(23)21-17-11-16(22(24)25)10-9-14(17)3/h4-11,13,19-20H,12H2,1-3H3,(H,21,23)/t19-/m1/s1. The van der Waals surface area contributed by atoms with E-state index in [1.165, 1.54) is 12.1 Å². The van der Waals surface area contributed by atoms with E-state index in [2.05, 4.69) is 24.5 Å². The maximum atomic E-state index is 12.3. The molecule has 0 heterocycles. The van der Waals surface area contributed by atoms with Crippen LogP contribution in [0.3, 0.4) is 0 Å². The molecule has 0 aliphatic rings. The van der Waals surface area contributed by atoms with Crippen molar-refractivity contribution in [2.75, 3.05) is 11.9 Å². The second-order valence-corrected chi connectivity index (χ2v) is 6.32. The third kappa shape index (κ3) is 5.12. The van der Waals surface area contributed by atoms with Crippen LogP contribution in [0.15, 0.2) is 48.5 Å². The predicted molar refractivity (Wildman–Crippen MR) is 98.5 cm³/mol. The summed E-state index contributed by atoms with van der Waals surface area (Å²) in [5, 5.41) is 16.9. The Morgan fingerprint density at radius 2 is 1.84 bits per heavy atom. The minimum absolute atomic E-state index is 0.0433. The fourth-order valence-corrected chi connectivity index (χ4v) is 2.65. The van der Waals surface area contributed by atoms with Crippen molar-refractivity contribution in [1.82, 2.24) is 5.32 Å². The first-order valence-electron chi connectivity index (χ1n) is 8.21. The van der Waals surface area contributed by atoms with Crippen LogP contribution in [0.4, 0.5) is 11.4 Å². The Labute approximate surface area is 147 Å². The zero-order valence-electron chi connectivity index (χ0n) is 14.7. The van der Waals surface area contributed by atoms with Gasteiger partial charge in [-0.2, -0.15) is 0 Å². The summed E-state index contributed by atoms with van der Waals surface area (Å²) in [4.78, 5) is 22.7. The van der Waals surface area contributed by atoms with Crippen LogP contribution in [0.2, 0.25) is 0 Å². The Hall–Kier alpha value is -2.73. The van der Waals surface area contributed by atoms with E-state index in [4.69, 9.17) is 0 Å². The van der Waals surface area contributed by atoms with Crippen molar-refractivity contribution >= 4 is 17.3 Å². The van der Waals surface area contributed by atoms with E-state index >= 15 is 0 Å². The zero-order valence-corrected chi connectivity index (χ0v) is 14.7. The Balaban J connectivity index is 2.02. The van der Waals surface area contributed by atoms with E-state index < -0.39 is 4.92 Å². The van der Waals surface area contributed by atoms with Gasteiger partial charge in [-0.15, -0.1) is 0 Å². The lowest BCUT2D eigenvalue weighted by Gasteiger charge is -2.23. The van der Waals surface area contributed by atoms with Gasteiger partial charge in [0.25, 0.3) is 5.69 Å². The van der Waals surface area contributed by atoms with Crippen molar-refractivity contribution in [3.8, 4) is 0 Å². The van der Waals surface area contributed by atoms with Crippen molar-refractivity contribution in [3.63, 3.8) is 0 Å². The van der Waals surface area contributed by atoms with Crippen LogP contribution in [0.5, 0.6) is 0 Å². The second kappa shape index (κ2) is 8.39. The molecule has 1 atom stereocenters. The molecule has 0 radical (unpaired) electrons. The average Bonchev–Trinajstić information content (AvgIpc) is 2.57. The topological polar surface area (TPSA) is 84.3 Å². The molecule has 0 unspecified atom stereocenters. The van der Waals surface area contributed by atoms with Gasteiger partial charge in [0, 0.05) is 18.2 Å². The predicted octanol–water partition coefficient (Wildman–Crippen LogP) is 3.83.